The molecule has 1 amide bonds. The lowest BCUT2D eigenvalue weighted by atomic mass is 10.2. The Morgan fingerprint density at radius 2 is 1.90 bits per heavy atom. The number of carbonyl (C=O) groups excluding carboxylic acids is 1. The van der Waals surface area contributed by atoms with Crippen LogP contribution in [0.2, 0.25) is 0 Å². The third kappa shape index (κ3) is 1.29. The molecule has 0 saturated carbocycles. The van der Waals surface area contributed by atoms with Gasteiger partial charge in [0.05, 0.1) is 25.3 Å². The number of hydrogen-bond donors (Lipinski definition) is 0. The van der Waals surface area contributed by atoms with E-state index in [0.29, 0.717) is 13.2 Å². The summed E-state index contributed by atoms with van der Waals surface area (Å²) in [5, 5.41) is 0. The maximum absolute atomic E-state index is 10.5. The lowest BCUT2D eigenvalue weighted by Gasteiger charge is -2.35. The van der Waals surface area contributed by atoms with E-state index in [1.807, 2.05) is 13.8 Å². The number of carbonyl (C=O) groups is 1. The van der Waals surface area contributed by atoms with E-state index in [0.717, 1.165) is 6.41 Å². The third-order valence-corrected chi connectivity index (χ3v) is 1.86. The van der Waals surface area contributed by atoms with Crippen molar-refractivity contribution >= 4 is 6.41 Å². The number of ether oxygens (including phenoxy) is 1. The summed E-state index contributed by atoms with van der Waals surface area (Å²) in [5.74, 6) is 0. The Labute approximate surface area is 61.0 Å². The summed E-state index contributed by atoms with van der Waals surface area (Å²) in [5.41, 5.74) is 0. The molecule has 3 heteroatoms. The van der Waals surface area contributed by atoms with E-state index in [-0.39, 0.29) is 12.1 Å². The minimum atomic E-state index is 0.237. The number of rotatable bonds is 1. The van der Waals surface area contributed by atoms with Crippen LogP contribution in [0, 0.1) is 0 Å². The maximum atomic E-state index is 10.5. The van der Waals surface area contributed by atoms with Gasteiger partial charge in [-0.15, -0.1) is 0 Å². The minimum Gasteiger partial charge on any atom is -0.377 e. The Kier molecular flexibility index (Phi) is 2.27. The molecule has 0 aromatic heterocycles. The second-order valence-electron chi connectivity index (χ2n) is 2.79. The van der Waals surface area contributed by atoms with Crippen molar-refractivity contribution in [3.05, 3.63) is 0 Å². The summed E-state index contributed by atoms with van der Waals surface area (Å²) in [4.78, 5) is 12.2. The first kappa shape index (κ1) is 7.54. The molecule has 0 radical (unpaired) electrons. The minimum absolute atomic E-state index is 0.237. The van der Waals surface area contributed by atoms with Crippen LogP contribution in [0.5, 0.6) is 0 Å². The largest absolute Gasteiger partial charge is 0.377 e. The van der Waals surface area contributed by atoms with Gasteiger partial charge >= 0.3 is 0 Å². The van der Waals surface area contributed by atoms with Crippen molar-refractivity contribution < 1.29 is 9.53 Å². The maximum Gasteiger partial charge on any atom is 0.210 e. The highest BCUT2D eigenvalue weighted by atomic mass is 16.5. The van der Waals surface area contributed by atoms with Gasteiger partial charge in [0.2, 0.25) is 6.41 Å². The van der Waals surface area contributed by atoms with Gasteiger partial charge in [-0.3, -0.25) is 4.79 Å². The van der Waals surface area contributed by atoms with Gasteiger partial charge in [-0.1, -0.05) is 0 Å². The molecule has 0 spiro atoms. The highest BCUT2D eigenvalue weighted by Crippen LogP contribution is 2.09. The fourth-order valence-electron chi connectivity index (χ4n) is 1.22. The predicted octanol–water partition coefficient (Wildman–Crippen LogP) is 0.252. The van der Waals surface area contributed by atoms with Crippen LogP contribution >= 0.6 is 0 Å². The normalized spacial score (nSPS) is 34.0. The number of nitrogens with zero attached hydrogens (tertiary/aromatic N) is 1. The zero-order valence-electron chi connectivity index (χ0n) is 6.41. The van der Waals surface area contributed by atoms with Crippen molar-refractivity contribution in [1.29, 1.82) is 0 Å². The summed E-state index contributed by atoms with van der Waals surface area (Å²) < 4.78 is 5.23. The smallest absolute Gasteiger partial charge is 0.210 e. The summed E-state index contributed by atoms with van der Waals surface area (Å²) in [6.45, 7) is 5.32. The predicted molar refractivity (Wildman–Crippen MR) is 37.6 cm³/mol. The first-order chi connectivity index (χ1) is 4.75. The fraction of sp³-hybridized carbons (Fsp3) is 0.857. The van der Waals surface area contributed by atoms with Crippen LogP contribution in [-0.4, -0.2) is 36.6 Å². The Balaban J connectivity index is 2.53. The first-order valence-corrected chi connectivity index (χ1v) is 3.56. The van der Waals surface area contributed by atoms with Crippen molar-refractivity contribution in [1.82, 2.24) is 4.90 Å². The van der Waals surface area contributed by atoms with Crippen molar-refractivity contribution in [2.75, 3.05) is 13.2 Å². The molecular formula is C7H13NO2. The molecule has 0 N–H and O–H groups in total. The number of amides is 1. The summed E-state index contributed by atoms with van der Waals surface area (Å²) in [6, 6.07) is 0.475. The lowest BCUT2D eigenvalue weighted by molar-refractivity contribution is -0.130. The van der Waals surface area contributed by atoms with E-state index < -0.39 is 0 Å². The molecule has 1 aliphatic rings. The van der Waals surface area contributed by atoms with Gasteiger partial charge in [0.15, 0.2) is 0 Å². The molecular weight excluding hydrogens is 130 g/mol. The van der Waals surface area contributed by atoms with Crippen LogP contribution in [0.3, 0.4) is 0 Å². The van der Waals surface area contributed by atoms with Gasteiger partial charge in [0.25, 0.3) is 0 Å². The highest BCUT2D eigenvalue weighted by Gasteiger charge is 2.22. The zero-order chi connectivity index (χ0) is 7.56. The Hall–Kier alpha value is -0.570. The SMILES string of the molecule is C[C@H]1COC[C@H](C)N1C=O. The van der Waals surface area contributed by atoms with Crippen LogP contribution in [0.1, 0.15) is 13.8 Å². The summed E-state index contributed by atoms with van der Waals surface area (Å²) in [7, 11) is 0. The van der Waals surface area contributed by atoms with Crippen molar-refractivity contribution in [3.63, 3.8) is 0 Å². The number of hydrogen-bond acceptors (Lipinski definition) is 2. The fourth-order valence-corrected chi connectivity index (χ4v) is 1.22. The summed E-state index contributed by atoms with van der Waals surface area (Å²) in [6.07, 6.45) is 0.901. The molecule has 1 rings (SSSR count). The standard InChI is InChI=1S/C7H13NO2/c1-6-3-10-4-7(2)8(6)5-9/h5-7H,3-4H2,1-2H3/t6-,7-/m0/s1. The highest BCUT2D eigenvalue weighted by molar-refractivity contribution is 5.48. The molecule has 0 unspecified atom stereocenters. The van der Waals surface area contributed by atoms with Gasteiger partial charge in [-0.05, 0) is 13.8 Å². The van der Waals surface area contributed by atoms with E-state index in [2.05, 4.69) is 0 Å². The van der Waals surface area contributed by atoms with Gasteiger partial charge in [0, 0.05) is 0 Å². The molecule has 0 bridgehead atoms. The van der Waals surface area contributed by atoms with E-state index >= 15 is 0 Å². The van der Waals surface area contributed by atoms with E-state index in [1.165, 1.54) is 0 Å². The van der Waals surface area contributed by atoms with Gasteiger partial charge in [-0.25, -0.2) is 0 Å². The lowest BCUT2D eigenvalue weighted by Crippen LogP contribution is -2.48. The van der Waals surface area contributed by atoms with Crippen LogP contribution in [0.25, 0.3) is 0 Å². The average Bonchev–Trinajstić information content (AvgIpc) is 1.88. The third-order valence-electron chi connectivity index (χ3n) is 1.86. The average molecular weight is 143 g/mol. The van der Waals surface area contributed by atoms with Crippen LogP contribution in [0.15, 0.2) is 0 Å². The Bertz CT molecular complexity index is 117. The summed E-state index contributed by atoms with van der Waals surface area (Å²) >= 11 is 0. The van der Waals surface area contributed by atoms with Crippen LogP contribution in [0.4, 0.5) is 0 Å². The van der Waals surface area contributed by atoms with E-state index in [1.54, 1.807) is 4.90 Å². The van der Waals surface area contributed by atoms with Gasteiger partial charge in [-0.2, -0.15) is 0 Å². The van der Waals surface area contributed by atoms with Gasteiger partial charge in [0.1, 0.15) is 0 Å². The molecule has 1 aliphatic heterocycles. The molecule has 10 heavy (non-hydrogen) atoms. The van der Waals surface area contributed by atoms with Crippen molar-refractivity contribution in [2.24, 2.45) is 0 Å². The van der Waals surface area contributed by atoms with Crippen molar-refractivity contribution in [3.8, 4) is 0 Å². The number of morpholine rings is 1. The topological polar surface area (TPSA) is 29.5 Å². The molecule has 1 saturated heterocycles. The molecule has 2 atom stereocenters. The van der Waals surface area contributed by atoms with Crippen LogP contribution in [-0.2, 0) is 9.53 Å². The van der Waals surface area contributed by atoms with Crippen LogP contribution < -0.4 is 0 Å². The molecule has 58 valence electrons. The zero-order valence-corrected chi connectivity index (χ0v) is 6.41. The molecule has 0 aromatic carbocycles. The second-order valence-corrected chi connectivity index (χ2v) is 2.79. The van der Waals surface area contributed by atoms with E-state index in [9.17, 15) is 4.79 Å². The first-order valence-electron chi connectivity index (χ1n) is 3.56. The molecule has 1 fully saturated rings. The molecule has 0 aliphatic carbocycles. The van der Waals surface area contributed by atoms with Crippen molar-refractivity contribution in [2.45, 2.75) is 25.9 Å². The molecule has 1 heterocycles. The Morgan fingerprint density at radius 1 is 1.40 bits per heavy atom. The molecule has 3 nitrogen and oxygen atoms in total. The quantitative estimate of drug-likeness (QED) is 0.492. The Morgan fingerprint density at radius 3 is 2.20 bits per heavy atom. The van der Waals surface area contributed by atoms with E-state index in [4.69, 9.17) is 4.74 Å². The monoisotopic (exact) mass is 143 g/mol. The molecule has 0 aromatic rings. The van der Waals surface area contributed by atoms with Gasteiger partial charge < -0.3 is 9.64 Å². The second kappa shape index (κ2) is 3.01.